The van der Waals surface area contributed by atoms with E-state index in [1.165, 1.54) is 18.2 Å². The highest BCUT2D eigenvalue weighted by Gasteiger charge is 2.20. The average Bonchev–Trinajstić information content (AvgIpc) is 2.42. The Kier molecular flexibility index (Phi) is 4.54. The molecule has 0 aliphatic heterocycles. The van der Waals surface area contributed by atoms with Crippen LogP contribution in [-0.2, 0) is 0 Å². The molecule has 1 N–H and O–H groups in total. The van der Waals surface area contributed by atoms with Crippen molar-refractivity contribution in [1.82, 2.24) is 4.98 Å². The minimum atomic E-state index is -0.638. The molecule has 0 atom stereocenters. The van der Waals surface area contributed by atoms with E-state index in [9.17, 15) is 14.9 Å². The molecule has 0 saturated carbocycles. The van der Waals surface area contributed by atoms with Crippen LogP contribution in [0.2, 0.25) is 5.02 Å². The number of aromatic nitrogens is 1. The Morgan fingerprint density at radius 3 is 2.81 bits per heavy atom. The van der Waals surface area contributed by atoms with E-state index in [1.54, 1.807) is 12.3 Å². The SMILES string of the molecule is Cc1cc(NC(=O)c2cccc([N+](=O)[O-])c2Cl)ncc1Br. The van der Waals surface area contributed by atoms with Gasteiger partial charge in [-0.25, -0.2) is 4.98 Å². The second-order valence-corrected chi connectivity index (χ2v) is 5.40. The number of nitrogens with one attached hydrogen (secondary N) is 1. The Hall–Kier alpha value is -1.99. The van der Waals surface area contributed by atoms with Crippen molar-refractivity contribution in [2.75, 3.05) is 5.32 Å². The first-order chi connectivity index (χ1) is 9.90. The molecule has 0 radical (unpaired) electrons. The number of pyridine rings is 1. The fourth-order valence-electron chi connectivity index (χ4n) is 1.63. The van der Waals surface area contributed by atoms with E-state index in [0.29, 0.717) is 5.82 Å². The van der Waals surface area contributed by atoms with Crippen molar-refractivity contribution in [3.63, 3.8) is 0 Å². The van der Waals surface area contributed by atoms with Crippen LogP contribution in [0.1, 0.15) is 15.9 Å². The van der Waals surface area contributed by atoms with Gasteiger partial charge in [-0.2, -0.15) is 0 Å². The van der Waals surface area contributed by atoms with Crippen molar-refractivity contribution in [1.29, 1.82) is 0 Å². The highest BCUT2D eigenvalue weighted by Crippen LogP contribution is 2.28. The second-order valence-electron chi connectivity index (χ2n) is 4.17. The summed E-state index contributed by atoms with van der Waals surface area (Å²) < 4.78 is 0.814. The lowest BCUT2D eigenvalue weighted by Gasteiger charge is -2.07. The van der Waals surface area contributed by atoms with Crippen LogP contribution in [0.5, 0.6) is 0 Å². The van der Waals surface area contributed by atoms with Gasteiger partial charge in [-0.05, 0) is 40.5 Å². The molecule has 21 heavy (non-hydrogen) atoms. The van der Waals surface area contributed by atoms with Crippen molar-refractivity contribution in [3.05, 3.63) is 61.2 Å². The van der Waals surface area contributed by atoms with Crippen molar-refractivity contribution in [3.8, 4) is 0 Å². The number of rotatable bonds is 3. The van der Waals surface area contributed by atoms with Crippen LogP contribution in [0.15, 0.2) is 34.9 Å². The van der Waals surface area contributed by atoms with E-state index in [2.05, 4.69) is 26.2 Å². The van der Waals surface area contributed by atoms with E-state index in [0.717, 1.165) is 10.0 Å². The Labute approximate surface area is 133 Å². The van der Waals surface area contributed by atoms with Crippen molar-refractivity contribution >= 4 is 44.9 Å². The van der Waals surface area contributed by atoms with Gasteiger partial charge in [0, 0.05) is 16.7 Å². The number of nitrogens with zero attached hydrogens (tertiary/aromatic N) is 2. The van der Waals surface area contributed by atoms with Crippen LogP contribution >= 0.6 is 27.5 Å². The maximum absolute atomic E-state index is 12.1. The molecule has 0 saturated heterocycles. The normalized spacial score (nSPS) is 10.2. The maximum atomic E-state index is 12.1. The van der Waals surface area contributed by atoms with E-state index in [4.69, 9.17) is 11.6 Å². The van der Waals surface area contributed by atoms with Gasteiger partial charge < -0.3 is 5.32 Å². The minimum Gasteiger partial charge on any atom is -0.307 e. The summed E-state index contributed by atoms with van der Waals surface area (Å²) in [6.07, 6.45) is 1.56. The zero-order chi connectivity index (χ0) is 15.6. The fraction of sp³-hybridized carbons (Fsp3) is 0.0769. The number of hydrogen-bond donors (Lipinski definition) is 1. The third kappa shape index (κ3) is 3.37. The number of amides is 1. The lowest BCUT2D eigenvalue weighted by molar-refractivity contribution is -0.384. The first kappa shape index (κ1) is 15.4. The lowest BCUT2D eigenvalue weighted by Crippen LogP contribution is -2.14. The monoisotopic (exact) mass is 369 g/mol. The minimum absolute atomic E-state index is 0.0215. The van der Waals surface area contributed by atoms with E-state index in [1.807, 2.05) is 6.92 Å². The number of anilines is 1. The topological polar surface area (TPSA) is 85.1 Å². The molecular formula is C13H9BrClN3O3. The van der Waals surface area contributed by atoms with Crippen molar-refractivity contribution in [2.24, 2.45) is 0 Å². The molecule has 0 spiro atoms. The Bertz CT molecular complexity index is 737. The van der Waals surface area contributed by atoms with Crippen LogP contribution in [0.4, 0.5) is 11.5 Å². The molecule has 1 aromatic heterocycles. The summed E-state index contributed by atoms with van der Waals surface area (Å²) in [6, 6.07) is 5.73. The van der Waals surface area contributed by atoms with Crippen LogP contribution in [-0.4, -0.2) is 15.8 Å². The van der Waals surface area contributed by atoms with E-state index in [-0.39, 0.29) is 16.3 Å². The van der Waals surface area contributed by atoms with Gasteiger partial charge in [-0.3, -0.25) is 14.9 Å². The number of benzene rings is 1. The molecule has 0 aliphatic rings. The molecule has 0 fully saturated rings. The van der Waals surface area contributed by atoms with Crippen LogP contribution in [0, 0.1) is 17.0 Å². The van der Waals surface area contributed by atoms with Gasteiger partial charge in [-0.1, -0.05) is 17.7 Å². The predicted octanol–water partition coefficient (Wildman–Crippen LogP) is 3.97. The summed E-state index contributed by atoms with van der Waals surface area (Å²) >= 11 is 9.20. The number of nitro groups is 1. The van der Waals surface area contributed by atoms with Crippen molar-refractivity contribution < 1.29 is 9.72 Å². The third-order valence-corrected chi connectivity index (χ3v) is 3.94. The Morgan fingerprint density at radius 2 is 2.19 bits per heavy atom. The molecule has 108 valence electrons. The summed E-state index contributed by atoms with van der Waals surface area (Å²) in [5.41, 5.74) is 0.600. The summed E-state index contributed by atoms with van der Waals surface area (Å²) in [5, 5.41) is 13.2. The summed E-state index contributed by atoms with van der Waals surface area (Å²) in [4.78, 5) is 26.3. The van der Waals surface area contributed by atoms with Gasteiger partial charge in [-0.15, -0.1) is 0 Å². The summed E-state index contributed by atoms with van der Waals surface area (Å²) in [6.45, 7) is 1.85. The number of aryl methyl sites for hydroxylation is 1. The van der Waals surface area contributed by atoms with Gasteiger partial charge in [0.15, 0.2) is 0 Å². The Morgan fingerprint density at radius 1 is 1.48 bits per heavy atom. The molecule has 2 rings (SSSR count). The average molecular weight is 371 g/mol. The summed E-state index contributed by atoms with van der Waals surface area (Å²) in [5.74, 6) is -0.221. The van der Waals surface area contributed by atoms with Gasteiger partial charge in [0.1, 0.15) is 10.8 Å². The zero-order valence-corrected chi connectivity index (χ0v) is 13.1. The second kappa shape index (κ2) is 6.19. The Balaban J connectivity index is 2.30. The molecule has 2 aromatic rings. The van der Waals surface area contributed by atoms with Gasteiger partial charge in [0.2, 0.25) is 0 Å². The standard InChI is InChI=1S/C13H9BrClN3O3/c1-7-5-11(16-6-9(7)14)17-13(19)8-3-2-4-10(12(8)15)18(20)21/h2-6H,1H3,(H,16,17,19). The molecule has 0 bridgehead atoms. The number of halogens is 2. The molecule has 8 heteroatoms. The smallest absolute Gasteiger partial charge is 0.288 e. The van der Waals surface area contributed by atoms with Crippen LogP contribution < -0.4 is 5.32 Å². The van der Waals surface area contributed by atoms with Crippen LogP contribution in [0.25, 0.3) is 0 Å². The molecule has 1 aromatic carbocycles. The molecular weight excluding hydrogens is 362 g/mol. The number of carbonyl (C=O) groups excluding carboxylic acids is 1. The number of nitro benzene ring substituents is 1. The predicted molar refractivity (Wildman–Crippen MR) is 82.7 cm³/mol. The first-order valence-corrected chi connectivity index (χ1v) is 6.93. The molecule has 0 aliphatic carbocycles. The maximum Gasteiger partial charge on any atom is 0.288 e. The van der Waals surface area contributed by atoms with Gasteiger partial charge >= 0.3 is 0 Å². The summed E-state index contributed by atoms with van der Waals surface area (Å²) in [7, 11) is 0. The third-order valence-electron chi connectivity index (χ3n) is 2.71. The highest BCUT2D eigenvalue weighted by molar-refractivity contribution is 9.10. The zero-order valence-electron chi connectivity index (χ0n) is 10.8. The molecule has 6 nitrogen and oxygen atoms in total. The molecule has 0 unspecified atom stereocenters. The number of carbonyl (C=O) groups is 1. The highest BCUT2D eigenvalue weighted by atomic mass is 79.9. The largest absolute Gasteiger partial charge is 0.307 e. The molecule has 1 heterocycles. The quantitative estimate of drug-likeness (QED) is 0.654. The van der Waals surface area contributed by atoms with Gasteiger partial charge in [0.25, 0.3) is 11.6 Å². The van der Waals surface area contributed by atoms with Crippen molar-refractivity contribution in [2.45, 2.75) is 6.92 Å². The van der Waals surface area contributed by atoms with E-state index < -0.39 is 10.8 Å². The lowest BCUT2D eigenvalue weighted by atomic mass is 10.2. The number of hydrogen-bond acceptors (Lipinski definition) is 4. The van der Waals surface area contributed by atoms with Gasteiger partial charge in [0.05, 0.1) is 10.5 Å². The molecule has 1 amide bonds. The fourth-order valence-corrected chi connectivity index (χ4v) is 2.13. The first-order valence-electron chi connectivity index (χ1n) is 5.76. The van der Waals surface area contributed by atoms with E-state index >= 15 is 0 Å². The van der Waals surface area contributed by atoms with Crippen LogP contribution in [0.3, 0.4) is 0 Å².